The van der Waals surface area contributed by atoms with Gasteiger partial charge >= 0.3 is 0 Å². The summed E-state index contributed by atoms with van der Waals surface area (Å²) in [7, 11) is 0. The van der Waals surface area contributed by atoms with Crippen LogP contribution in [-0.2, 0) is 5.41 Å². The zero-order chi connectivity index (χ0) is 37.5. The number of fused-ring (bicyclic) bond motifs is 10. The molecule has 0 spiro atoms. The lowest BCUT2D eigenvalue weighted by Crippen LogP contribution is -2.91. The number of hydrogen-bond donors (Lipinski definition) is 2. The first-order valence-corrected chi connectivity index (χ1v) is 21.1. The Morgan fingerprint density at radius 2 is 1.40 bits per heavy atom. The molecule has 0 radical (unpaired) electrons. The van der Waals surface area contributed by atoms with Crippen LogP contribution in [0.2, 0.25) is 0 Å². The smallest absolute Gasteiger partial charge is 0.213 e. The highest BCUT2D eigenvalue weighted by Crippen LogP contribution is 2.63. The van der Waals surface area contributed by atoms with Crippen molar-refractivity contribution in [2.24, 2.45) is 16.8 Å². The average molecular weight is 754 g/mol. The molecule has 6 unspecified atom stereocenters. The van der Waals surface area contributed by atoms with E-state index >= 15 is 0 Å². The van der Waals surface area contributed by atoms with Gasteiger partial charge in [0.25, 0.3) is 0 Å². The number of aliphatic imine (C=N–C) groups is 1. The number of allylic oxidation sites excluding steroid dienone is 8. The van der Waals surface area contributed by atoms with Gasteiger partial charge in [-0.25, -0.2) is 0 Å². The van der Waals surface area contributed by atoms with Gasteiger partial charge in [0.05, 0.1) is 11.0 Å². The average Bonchev–Trinajstić information content (AvgIpc) is 3.94. The Balaban J connectivity index is 1.16. The molecule has 4 aliphatic rings. The molecule has 12 rings (SSSR count). The Bertz CT molecular complexity index is 3040. The van der Waals surface area contributed by atoms with Gasteiger partial charge in [-0.05, 0) is 47.2 Å². The molecule has 0 bridgehead atoms. The molecule has 0 saturated carbocycles. The fraction of sp³-hybridized carbons (Fsp3) is 0.135. The molecule has 57 heavy (non-hydrogen) atoms. The maximum Gasteiger partial charge on any atom is 0.213 e. The van der Waals surface area contributed by atoms with Gasteiger partial charge in [0, 0.05) is 59.3 Å². The Labute approximate surface area is 335 Å². The summed E-state index contributed by atoms with van der Waals surface area (Å²) in [5.41, 5.74) is 8.79. The molecular weight excluding hydrogens is 713 g/mol. The van der Waals surface area contributed by atoms with Gasteiger partial charge < -0.3 is 5.32 Å². The van der Waals surface area contributed by atoms with Crippen molar-refractivity contribution in [2.45, 2.75) is 30.1 Å². The van der Waals surface area contributed by atoms with Gasteiger partial charge in [-0.3, -0.25) is 9.88 Å². The third-order valence-corrected chi connectivity index (χ3v) is 14.4. The predicted molar refractivity (Wildman–Crippen MR) is 237 cm³/mol. The molecule has 0 fully saturated rings. The van der Waals surface area contributed by atoms with E-state index in [1.807, 2.05) is 11.3 Å². The van der Waals surface area contributed by atoms with Gasteiger partial charge in [-0.2, -0.15) is 4.99 Å². The predicted octanol–water partition coefficient (Wildman–Crippen LogP) is 11.2. The van der Waals surface area contributed by atoms with Crippen LogP contribution in [0.5, 0.6) is 0 Å². The Morgan fingerprint density at radius 1 is 0.649 bits per heavy atom. The van der Waals surface area contributed by atoms with E-state index < -0.39 is 0 Å². The van der Waals surface area contributed by atoms with E-state index in [1.54, 1.807) is 0 Å². The Morgan fingerprint density at radius 3 is 2.26 bits per heavy atom. The second-order valence-electron chi connectivity index (χ2n) is 15.9. The first-order valence-electron chi connectivity index (χ1n) is 20.2. The third kappa shape index (κ3) is 4.79. The van der Waals surface area contributed by atoms with E-state index in [0.717, 1.165) is 12.4 Å². The van der Waals surface area contributed by atoms with Crippen LogP contribution in [0.25, 0.3) is 42.0 Å². The summed E-state index contributed by atoms with van der Waals surface area (Å²) in [4.78, 5) is 5.71. The molecule has 0 saturated heterocycles. The molecule has 2 aromatic heterocycles. The van der Waals surface area contributed by atoms with Gasteiger partial charge in [0.2, 0.25) is 12.1 Å². The van der Waals surface area contributed by atoms with E-state index in [1.165, 1.54) is 69.8 Å². The molecule has 4 nitrogen and oxygen atoms in total. The number of quaternary nitrogens is 1. The van der Waals surface area contributed by atoms with Crippen molar-refractivity contribution >= 4 is 59.3 Å². The topological polar surface area (TPSA) is 45.9 Å². The highest BCUT2D eigenvalue weighted by Gasteiger charge is 2.56. The summed E-state index contributed by atoms with van der Waals surface area (Å²) in [6.45, 7) is 0. The minimum atomic E-state index is -0.322. The minimum absolute atomic E-state index is 0.0776. The van der Waals surface area contributed by atoms with E-state index in [-0.39, 0.29) is 35.5 Å². The minimum Gasteiger partial charge on any atom is -0.302 e. The number of nitrogens with two attached hydrogens (primary N) is 1. The van der Waals surface area contributed by atoms with Crippen molar-refractivity contribution in [3.8, 4) is 0 Å². The molecular formula is C52H41N4S+. The maximum absolute atomic E-state index is 5.71. The second-order valence-corrected chi connectivity index (χ2v) is 17.0. The lowest BCUT2D eigenvalue weighted by molar-refractivity contribution is -0.739. The molecule has 3 aliphatic carbocycles. The molecule has 8 aromatic rings. The molecule has 1 aliphatic heterocycles. The first-order chi connectivity index (χ1) is 28.3. The first kappa shape index (κ1) is 32.9. The number of benzene rings is 6. The Kier molecular flexibility index (Phi) is 7.44. The number of rotatable bonds is 4. The van der Waals surface area contributed by atoms with Crippen LogP contribution in [0.4, 0.5) is 0 Å². The summed E-state index contributed by atoms with van der Waals surface area (Å²) in [6, 6.07) is 51.6. The zero-order valence-electron chi connectivity index (χ0n) is 31.4. The monoisotopic (exact) mass is 753 g/mol. The molecule has 274 valence electrons. The summed E-state index contributed by atoms with van der Waals surface area (Å²) < 4.78 is 5.15. The van der Waals surface area contributed by atoms with E-state index in [2.05, 4.69) is 203 Å². The lowest BCUT2D eigenvalue weighted by atomic mass is 9.58. The quantitative estimate of drug-likeness (QED) is 0.185. The highest BCUT2D eigenvalue weighted by molar-refractivity contribution is 7.26. The number of nitrogens with one attached hydrogen (secondary N) is 1. The maximum atomic E-state index is 5.71. The third-order valence-electron chi connectivity index (χ3n) is 13.2. The molecule has 0 amide bonds. The number of thiophene rings is 1. The van der Waals surface area contributed by atoms with Gasteiger partial charge in [0.1, 0.15) is 0 Å². The van der Waals surface area contributed by atoms with E-state index in [4.69, 9.17) is 4.99 Å². The summed E-state index contributed by atoms with van der Waals surface area (Å²) in [5, 5.41) is 11.7. The van der Waals surface area contributed by atoms with Gasteiger partial charge in [-0.1, -0.05) is 170 Å². The molecule has 5 heteroatoms. The van der Waals surface area contributed by atoms with Crippen molar-refractivity contribution in [3.05, 3.63) is 216 Å². The molecule has 6 aromatic carbocycles. The van der Waals surface area contributed by atoms with Crippen molar-refractivity contribution < 1.29 is 5.32 Å². The van der Waals surface area contributed by atoms with Crippen molar-refractivity contribution in [1.29, 1.82) is 0 Å². The summed E-state index contributed by atoms with van der Waals surface area (Å²) in [5.74, 6) is 1.65. The number of nitrogens with zero attached hydrogens (tertiary/aromatic N) is 2. The van der Waals surface area contributed by atoms with Crippen LogP contribution in [0.15, 0.2) is 193 Å². The van der Waals surface area contributed by atoms with Crippen LogP contribution in [0.1, 0.15) is 52.5 Å². The van der Waals surface area contributed by atoms with Gasteiger partial charge in [0.15, 0.2) is 6.17 Å². The van der Waals surface area contributed by atoms with Gasteiger partial charge in [-0.15, -0.1) is 11.3 Å². The standard InChI is InChI=1S/C52H40N4S/c1-4-17-33(18-5-1)49-53-50(42-27-16-26-41-38-25-12-15-30-45(38)57-48(41)42)55-51(54-49)56-44-29-14-11-24-37(44)40-32-31-39-36-23-10-13-28-43(36)52(46(39)47(40)56,34-19-6-2-7-20-34)35-21-8-3-9-22-35/h1-21,23-32,35-36,43,49-50,53H,22H2,(H,54,55)/p+1. The number of aromatic nitrogens is 1. The largest absolute Gasteiger partial charge is 0.302 e. The van der Waals surface area contributed by atoms with Crippen LogP contribution in [-0.4, -0.2) is 10.5 Å². The highest BCUT2D eigenvalue weighted by atomic mass is 32.1. The Hall–Kier alpha value is -6.27. The van der Waals surface area contributed by atoms with Crippen molar-refractivity contribution in [1.82, 2.24) is 9.88 Å². The van der Waals surface area contributed by atoms with Crippen LogP contribution < -0.4 is 10.6 Å². The fourth-order valence-corrected chi connectivity index (χ4v) is 12.1. The number of para-hydroxylation sites is 1. The fourth-order valence-electron chi connectivity index (χ4n) is 10.9. The molecule has 3 heterocycles. The second kappa shape index (κ2) is 12.9. The lowest BCUT2D eigenvalue weighted by Gasteiger charge is -2.44. The summed E-state index contributed by atoms with van der Waals surface area (Å²) in [6.07, 6.45) is 19.6. The number of hydrogen-bond acceptors (Lipinski definition) is 3. The van der Waals surface area contributed by atoms with Crippen LogP contribution in [0, 0.1) is 11.8 Å². The van der Waals surface area contributed by atoms with Crippen molar-refractivity contribution in [3.63, 3.8) is 0 Å². The molecule has 3 N–H and O–H groups in total. The van der Waals surface area contributed by atoms with Crippen molar-refractivity contribution in [2.75, 3.05) is 0 Å². The molecule has 6 atom stereocenters. The van der Waals surface area contributed by atoms with E-state index in [0.29, 0.717) is 0 Å². The zero-order valence-corrected chi connectivity index (χ0v) is 32.2. The normalized spacial score (nSPS) is 24.9. The summed E-state index contributed by atoms with van der Waals surface area (Å²) >= 11 is 1.89. The SMILES string of the molecule is C1=CCC(C2(c3ccccc3)c3c(ccc4c5ccccc5n(C5=NC(c6ccccc6)[NH2+]C(c6cccc7c6sc6ccccc67)N5)c34)C3C=CC=CC32)C=C1. The van der Waals surface area contributed by atoms with Crippen LogP contribution in [0.3, 0.4) is 0 Å². The van der Waals surface area contributed by atoms with Crippen LogP contribution >= 0.6 is 11.3 Å². The van der Waals surface area contributed by atoms with E-state index in [9.17, 15) is 0 Å².